The molecule has 1 heterocycles. The summed E-state index contributed by atoms with van der Waals surface area (Å²) in [4.78, 5) is 17.7. The highest BCUT2D eigenvalue weighted by Gasteiger charge is 2.19. The zero-order valence-electron chi connectivity index (χ0n) is 21.2. The number of benzene rings is 3. The Bertz CT molecular complexity index is 1460. The summed E-state index contributed by atoms with van der Waals surface area (Å²) in [5, 5.41) is 13.7. The number of nitriles is 1. The maximum atomic E-state index is 12.9. The number of hydrogen-bond acceptors (Lipinski definition) is 6. The average molecular weight is 510 g/mol. The van der Waals surface area contributed by atoms with Crippen molar-refractivity contribution < 1.29 is 14.3 Å². The lowest BCUT2D eigenvalue weighted by Crippen LogP contribution is -2.16. The number of anilines is 1. The van der Waals surface area contributed by atoms with Crippen molar-refractivity contribution in [1.29, 1.82) is 5.26 Å². The molecule has 0 aliphatic heterocycles. The van der Waals surface area contributed by atoms with Crippen LogP contribution in [0.15, 0.2) is 77.8 Å². The Morgan fingerprint density at radius 1 is 0.919 bits per heavy atom. The summed E-state index contributed by atoms with van der Waals surface area (Å²) < 4.78 is 10.9. The highest BCUT2D eigenvalue weighted by atomic mass is 32.2. The lowest BCUT2D eigenvalue weighted by molar-refractivity contribution is -0.113. The molecule has 37 heavy (non-hydrogen) atoms. The van der Waals surface area contributed by atoms with Gasteiger partial charge in [0, 0.05) is 16.8 Å². The molecular formula is C30H27N3O3S. The van der Waals surface area contributed by atoms with Crippen LogP contribution in [-0.2, 0) is 4.79 Å². The molecule has 3 aromatic carbocycles. The molecule has 6 nitrogen and oxygen atoms in total. The third-order valence-electron chi connectivity index (χ3n) is 5.95. The molecule has 0 unspecified atom stereocenters. The number of carbonyl (C=O) groups excluding carboxylic acids is 1. The molecular weight excluding hydrogens is 482 g/mol. The van der Waals surface area contributed by atoms with Crippen LogP contribution in [0.5, 0.6) is 11.5 Å². The Kier molecular flexibility index (Phi) is 8.11. The highest BCUT2D eigenvalue weighted by Crippen LogP contribution is 2.38. The largest absolute Gasteiger partial charge is 0.493 e. The van der Waals surface area contributed by atoms with E-state index in [9.17, 15) is 10.1 Å². The minimum Gasteiger partial charge on any atom is -0.493 e. The van der Waals surface area contributed by atoms with Gasteiger partial charge in [-0.3, -0.25) is 4.79 Å². The summed E-state index contributed by atoms with van der Waals surface area (Å²) in [6.07, 6.45) is 0. The van der Waals surface area contributed by atoms with Crippen LogP contribution in [0, 0.1) is 25.2 Å². The van der Waals surface area contributed by atoms with Gasteiger partial charge in [0.2, 0.25) is 5.91 Å². The molecule has 0 bridgehead atoms. The Morgan fingerprint density at radius 3 is 2.27 bits per heavy atom. The molecule has 0 atom stereocenters. The first-order chi connectivity index (χ1) is 17.9. The summed E-state index contributed by atoms with van der Waals surface area (Å²) in [5.41, 5.74) is 6.32. The van der Waals surface area contributed by atoms with Crippen molar-refractivity contribution in [3.8, 4) is 40.0 Å². The van der Waals surface area contributed by atoms with Crippen LogP contribution in [0.4, 0.5) is 5.69 Å². The molecule has 0 radical (unpaired) electrons. The average Bonchev–Trinajstić information content (AvgIpc) is 2.93. The first-order valence-electron chi connectivity index (χ1n) is 11.7. The molecule has 0 spiro atoms. The van der Waals surface area contributed by atoms with Crippen molar-refractivity contribution in [2.45, 2.75) is 18.9 Å². The molecule has 1 N–H and O–H groups in total. The fraction of sp³-hybridized carbons (Fsp3) is 0.167. The number of methoxy groups -OCH3 is 2. The molecule has 1 amide bonds. The van der Waals surface area contributed by atoms with Crippen molar-refractivity contribution in [1.82, 2.24) is 4.98 Å². The maximum absolute atomic E-state index is 12.9. The number of aromatic nitrogens is 1. The fourth-order valence-electron chi connectivity index (χ4n) is 4.04. The van der Waals surface area contributed by atoms with Crippen LogP contribution in [0.3, 0.4) is 0 Å². The van der Waals surface area contributed by atoms with E-state index in [1.165, 1.54) is 11.8 Å². The Balaban J connectivity index is 1.73. The smallest absolute Gasteiger partial charge is 0.234 e. The first kappa shape index (κ1) is 25.8. The van der Waals surface area contributed by atoms with E-state index in [0.29, 0.717) is 33.3 Å². The first-order valence-corrected chi connectivity index (χ1v) is 12.7. The van der Waals surface area contributed by atoms with Crippen molar-refractivity contribution >= 4 is 23.4 Å². The number of nitrogens with one attached hydrogen (secondary N) is 1. The van der Waals surface area contributed by atoms with Gasteiger partial charge in [0.25, 0.3) is 0 Å². The van der Waals surface area contributed by atoms with E-state index in [0.717, 1.165) is 27.9 Å². The Hall–Kier alpha value is -4.28. The number of aryl methyl sites for hydroxylation is 2. The predicted molar refractivity (Wildman–Crippen MR) is 148 cm³/mol. The SMILES string of the molecule is COc1ccc(-c2cc(-c3ccccc3)nc(SCC(=O)Nc3c(C)cccc3C)c2C#N)cc1OC. The van der Waals surface area contributed by atoms with Gasteiger partial charge < -0.3 is 14.8 Å². The number of carbonyl (C=O) groups is 1. The molecule has 0 saturated carbocycles. The van der Waals surface area contributed by atoms with Crippen molar-refractivity contribution in [2.75, 3.05) is 25.3 Å². The third kappa shape index (κ3) is 5.76. The van der Waals surface area contributed by atoms with E-state index >= 15 is 0 Å². The Morgan fingerprint density at radius 2 is 1.62 bits per heavy atom. The minimum absolute atomic E-state index is 0.110. The van der Waals surface area contributed by atoms with Gasteiger partial charge in [0.15, 0.2) is 11.5 Å². The molecule has 0 aliphatic carbocycles. The summed E-state index contributed by atoms with van der Waals surface area (Å²) >= 11 is 1.24. The summed E-state index contributed by atoms with van der Waals surface area (Å²) in [5.74, 6) is 1.11. The van der Waals surface area contributed by atoms with E-state index in [4.69, 9.17) is 14.5 Å². The van der Waals surface area contributed by atoms with Crippen molar-refractivity contribution in [2.24, 2.45) is 0 Å². The topological polar surface area (TPSA) is 84.2 Å². The van der Waals surface area contributed by atoms with Gasteiger partial charge in [0.05, 0.1) is 31.2 Å². The van der Waals surface area contributed by atoms with Gasteiger partial charge >= 0.3 is 0 Å². The van der Waals surface area contributed by atoms with Crippen LogP contribution in [-0.4, -0.2) is 30.9 Å². The quantitative estimate of drug-likeness (QED) is 0.268. The molecule has 1 aromatic heterocycles. The molecule has 186 valence electrons. The van der Waals surface area contributed by atoms with Gasteiger partial charge in [-0.05, 0) is 48.7 Å². The number of nitrogens with zero attached hydrogens (tertiary/aromatic N) is 2. The van der Waals surface area contributed by atoms with Gasteiger partial charge in [-0.25, -0.2) is 4.98 Å². The second kappa shape index (κ2) is 11.6. The number of hydrogen-bond donors (Lipinski definition) is 1. The highest BCUT2D eigenvalue weighted by molar-refractivity contribution is 8.00. The van der Waals surface area contributed by atoms with E-state index < -0.39 is 0 Å². The summed E-state index contributed by atoms with van der Waals surface area (Å²) in [6.45, 7) is 3.92. The maximum Gasteiger partial charge on any atom is 0.234 e. The predicted octanol–water partition coefficient (Wildman–Crippen LogP) is 6.65. The lowest BCUT2D eigenvalue weighted by atomic mass is 9.99. The van der Waals surface area contributed by atoms with Gasteiger partial charge in [0.1, 0.15) is 11.1 Å². The second-order valence-electron chi connectivity index (χ2n) is 8.39. The summed E-state index contributed by atoms with van der Waals surface area (Å²) in [7, 11) is 3.15. The Labute approximate surface area is 221 Å². The number of pyridine rings is 1. The van der Waals surface area contributed by atoms with Crippen LogP contribution in [0.25, 0.3) is 22.4 Å². The van der Waals surface area contributed by atoms with Gasteiger partial charge in [-0.1, -0.05) is 66.4 Å². The minimum atomic E-state index is -0.161. The number of rotatable bonds is 8. The van der Waals surface area contributed by atoms with E-state index in [-0.39, 0.29) is 11.7 Å². The number of thioether (sulfide) groups is 1. The standard InChI is InChI=1S/C30H27N3O3S/c1-19-9-8-10-20(2)29(19)33-28(34)18-37-30-24(17-31)23(16-25(32-30)21-11-6-5-7-12-21)22-13-14-26(35-3)27(15-22)36-4/h5-16H,18H2,1-4H3,(H,33,34). The van der Waals surface area contributed by atoms with Crippen molar-refractivity contribution in [3.05, 3.63) is 89.5 Å². The number of amides is 1. The van der Waals surface area contributed by atoms with Crippen LogP contribution in [0.1, 0.15) is 16.7 Å². The molecule has 0 saturated heterocycles. The molecule has 0 aliphatic rings. The molecule has 0 fully saturated rings. The molecule has 4 aromatic rings. The van der Waals surface area contributed by atoms with Gasteiger partial charge in [-0.2, -0.15) is 5.26 Å². The molecule has 4 rings (SSSR count). The number of para-hydroxylation sites is 1. The van der Waals surface area contributed by atoms with Crippen LogP contribution >= 0.6 is 11.8 Å². The van der Waals surface area contributed by atoms with Gasteiger partial charge in [-0.15, -0.1) is 0 Å². The fourth-order valence-corrected chi connectivity index (χ4v) is 4.85. The van der Waals surface area contributed by atoms with E-state index in [1.807, 2.05) is 86.6 Å². The summed E-state index contributed by atoms with van der Waals surface area (Å²) in [6, 6.07) is 25.4. The van der Waals surface area contributed by atoms with Crippen molar-refractivity contribution in [3.63, 3.8) is 0 Å². The zero-order chi connectivity index (χ0) is 26.4. The van der Waals surface area contributed by atoms with E-state index in [1.54, 1.807) is 14.2 Å². The van der Waals surface area contributed by atoms with E-state index in [2.05, 4.69) is 11.4 Å². The third-order valence-corrected chi connectivity index (χ3v) is 6.92. The van der Waals surface area contributed by atoms with Crippen LogP contribution < -0.4 is 14.8 Å². The monoisotopic (exact) mass is 509 g/mol. The second-order valence-corrected chi connectivity index (χ2v) is 9.35. The van der Waals surface area contributed by atoms with Crippen LogP contribution in [0.2, 0.25) is 0 Å². The lowest BCUT2D eigenvalue weighted by Gasteiger charge is -2.15. The number of ether oxygens (including phenoxy) is 2. The molecule has 7 heteroatoms. The zero-order valence-corrected chi connectivity index (χ0v) is 22.0. The normalized spacial score (nSPS) is 10.5.